The number of benzene rings is 1. The Hall–Kier alpha value is -2.65. The molecule has 2 unspecified atom stereocenters. The average molecular weight is 434 g/mol. The van der Waals surface area contributed by atoms with Gasteiger partial charge in [-0.1, -0.05) is 30.3 Å². The molecule has 0 radical (unpaired) electrons. The van der Waals surface area contributed by atoms with E-state index in [0.717, 1.165) is 18.4 Å². The van der Waals surface area contributed by atoms with Crippen LogP contribution in [0.2, 0.25) is 0 Å². The summed E-state index contributed by atoms with van der Waals surface area (Å²) in [5.74, 6) is -1.19. The van der Waals surface area contributed by atoms with Crippen LogP contribution in [0.25, 0.3) is 0 Å². The predicted molar refractivity (Wildman–Crippen MR) is 111 cm³/mol. The molecule has 0 aliphatic carbocycles. The van der Waals surface area contributed by atoms with E-state index in [0.29, 0.717) is 13.1 Å². The van der Waals surface area contributed by atoms with E-state index in [4.69, 9.17) is 4.74 Å². The minimum atomic E-state index is -3.64. The number of nitrogens with one attached hydrogen (secondary N) is 1. The van der Waals surface area contributed by atoms with Gasteiger partial charge in [-0.3, -0.25) is 4.79 Å². The number of ether oxygens (including phenoxy) is 1. The second kappa shape index (κ2) is 9.01. The maximum atomic E-state index is 12.7. The standard InChI is InChI=1S/C21H27N3O5S/c1-15(17-9-5-4-6-10-17)22-20(25)16(2)29-21(26)19-13-18(14-23(19)3)30(27,28)24-11-7-8-12-24/h4-6,9-10,13-16H,7-8,11-12H2,1-3H3,(H,22,25). The summed E-state index contributed by atoms with van der Waals surface area (Å²) in [4.78, 5) is 25.0. The van der Waals surface area contributed by atoms with Crippen molar-refractivity contribution >= 4 is 21.9 Å². The van der Waals surface area contributed by atoms with Gasteiger partial charge in [-0.15, -0.1) is 0 Å². The highest BCUT2D eigenvalue weighted by molar-refractivity contribution is 7.89. The molecule has 9 heteroatoms. The van der Waals surface area contributed by atoms with Crippen molar-refractivity contribution in [2.45, 2.75) is 43.7 Å². The molecule has 2 atom stereocenters. The van der Waals surface area contributed by atoms with Crippen LogP contribution in [0.1, 0.15) is 48.8 Å². The highest BCUT2D eigenvalue weighted by Gasteiger charge is 2.30. The molecule has 162 valence electrons. The molecule has 2 heterocycles. The lowest BCUT2D eigenvalue weighted by molar-refractivity contribution is -0.129. The van der Waals surface area contributed by atoms with Crippen molar-refractivity contribution in [3.05, 3.63) is 53.9 Å². The van der Waals surface area contributed by atoms with Gasteiger partial charge in [-0.05, 0) is 38.3 Å². The summed E-state index contributed by atoms with van der Waals surface area (Å²) in [6.45, 7) is 4.28. The van der Waals surface area contributed by atoms with Gasteiger partial charge in [0.15, 0.2) is 6.10 Å². The quantitative estimate of drug-likeness (QED) is 0.676. The van der Waals surface area contributed by atoms with Crippen LogP contribution < -0.4 is 5.32 Å². The van der Waals surface area contributed by atoms with E-state index in [-0.39, 0.29) is 16.6 Å². The fourth-order valence-corrected chi connectivity index (χ4v) is 4.97. The van der Waals surface area contributed by atoms with Crippen LogP contribution in [-0.4, -0.2) is 48.4 Å². The van der Waals surface area contributed by atoms with Crippen molar-refractivity contribution < 1.29 is 22.7 Å². The fourth-order valence-electron chi connectivity index (χ4n) is 3.39. The van der Waals surface area contributed by atoms with Gasteiger partial charge < -0.3 is 14.6 Å². The summed E-state index contributed by atoms with van der Waals surface area (Å²) >= 11 is 0. The third-order valence-corrected chi connectivity index (χ3v) is 7.07. The van der Waals surface area contributed by atoms with E-state index in [1.165, 1.54) is 28.1 Å². The Morgan fingerprint density at radius 1 is 1.10 bits per heavy atom. The fraction of sp³-hybridized carbons (Fsp3) is 0.429. The van der Waals surface area contributed by atoms with Gasteiger partial charge in [-0.2, -0.15) is 4.31 Å². The van der Waals surface area contributed by atoms with Gasteiger partial charge >= 0.3 is 5.97 Å². The van der Waals surface area contributed by atoms with Gasteiger partial charge in [0, 0.05) is 26.3 Å². The van der Waals surface area contributed by atoms with Crippen LogP contribution in [0.15, 0.2) is 47.5 Å². The van der Waals surface area contributed by atoms with Gasteiger partial charge in [0.1, 0.15) is 10.6 Å². The summed E-state index contributed by atoms with van der Waals surface area (Å²) in [6, 6.07) is 10.5. The van der Waals surface area contributed by atoms with E-state index >= 15 is 0 Å². The highest BCUT2D eigenvalue weighted by atomic mass is 32.2. The van der Waals surface area contributed by atoms with Crippen molar-refractivity contribution in [3.63, 3.8) is 0 Å². The van der Waals surface area contributed by atoms with Crippen LogP contribution >= 0.6 is 0 Å². The molecule has 1 fully saturated rings. The largest absolute Gasteiger partial charge is 0.448 e. The summed E-state index contributed by atoms with van der Waals surface area (Å²) in [5, 5.41) is 2.81. The second-order valence-electron chi connectivity index (χ2n) is 7.47. The van der Waals surface area contributed by atoms with Gasteiger partial charge in [-0.25, -0.2) is 13.2 Å². The SMILES string of the molecule is CC(OC(=O)c1cc(S(=O)(=O)N2CCCC2)cn1C)C(=O)NC(C)c1ccccc1. The lowest BCUT2D eigenvalue weighted by Crippen LogP contribution is -2.37. The Balaban J connectivity index is 1.65. The van der Waals surface area contributed by atoms with Crippen LogP contribution in [-0.2, 0) is 26.6 Å². The first-order chi connectivity index (χ1) is 14.2. The van der Waals surface area contributed by atoms with E-state index in [1.807, 2.05) is 37.3 Å². The van der Waals surface area contributed by atoms with Crippen molar-refractivity contribution in [2.24, 2.45) is 7.05 Å². The van der Waals surface area contributed by atoms with Gasteiger partial charge in [0.2, 0.25) is 10.0 Å². The molecule has 0 spiro atoms. The highest BCUT2D eigenvalue weighted by Crippen LogP contribution is 2.23. The third kappa shape index (κ3) is 4.73. The maximum absolute atomic E-state index is 12.7. The van der Waals surface area contributed by atoms with E-state index in [2.05, 4.69) is 5.32 Å². The number of aryl methyl sites for hydroxylation is 1. The molecule has 1 aliphatic rings. The van der Waals surface area contributed by atoms with Crippen LogP contribution in [0, 0.1) is 0 Å². The van der Waals surface area contributed by atoms with Crippen molar-refractivity contribution in [1.29, 1.82) is 0 Å². The molecule has 1 aromatic heterocycles. The number of rotatable bonds is 7. The Morgan fingerprint density at radius 3 is 2.37 bits per heavy atom. The zero-order valence-corrected chi connectivity index (χ0v) is 18.2. The third-order valence-electron chi connectivity index (χ3n) is 5.20. The molecule has 1 N–H and O–H groups in total. The number of hydrogen-bond donors (Lipinski definition) is 1. The molecular weight excluding hydrogens is 406 g/mol. The molecule has 1 aromatic carbocycles. The van der Waals surface area contributed by atoms with E-state index < -0.39 is 28.0 Å². The van der Waals surface area contributed by atoms with Crippen molar-refractivity contribution in [2.75, 3.05) is 13.1 Å². The number of hydrogen-bond acceptors (Lipinski definition) is 5. The minimum absolute atomic E-state index is 0.0497. The molecule has 30 heavy (non-hydrogen) atoms. The van der Waals surface area contributed by atoms with E-state index in [1.54, 1.807) is 7.05 Å². The predicted octanol–water partition coefficient (Wildman–Crippen LogP) is 2.23. The number of carbonyl (C=O) groups is 2. The smallest absolute Gasteiger partial charge is 0.355 e. The zero-order chi connectivity index (χ0) is 21.9. The maximum Gasteiger partial charge on any atom is 0.355 e. The van der Waals surface area contributed by atoms with Crippen LogP contribution in [0.5, 0.6) is 0 Å². The monoisotopic (exact) mass is 433 g/mol. The molecule has 1 aliphatic heterocycles. The molecule has 1 saturated heterocycles. The molecule has 1 amide bonds. The number of amides is 1. The summed E-state index contributed by atoms with van der Waals surface area (Å²) in [7, 11) is -2.07. The van der Waals surface area contributed by atoms with Crippen LogP contribution in [0.4, 0.5) is 0 Å². The Labute approximate surface area is 176 Å². The zero-order valence-electron chi connectivity index (χ0n) is 17.4. The molecule has 0 bridgehead atoms. The van der Waals surface area contributed by atoms with E-state index in [9.17, 15) is 18.0 Å². The first-order valence-corrected chi connectivity index (χ1v) is 11.4. The van der Waals surface area contributed by atoms with Crippen molar-refractivity contribution in [3.8, 4) is 0 Å². The molecule has 3 rings (SSSR count). The Kier molecular flexibility index (Phi) is 6.62. The number of esters is 1. The summed E-state index contributed by atoms with van der Waals surface area (Å²) in [5.41, 5.74) is 1.01. The lowest BCUT2D eigenvalue weighted by Gasteiger charge is -2.18. The van der Waals surface area contributed by atoms with Gasteiger partial charge in [0.05, 0.1) is 6.04 Å². The number of nitrogens with zero attached hydrogens (tertiary/aromatic N) is 2. The Morgan fingerprint density at radius 2 is 1.73 bits per heavy atom. The number of carbonyl (C=O) groups excluding carboxylic acids is 2. The first kappa shape index (κ1) is 22.0. The topological polar surface area (TPSA) is 97.7 Å². The average Bonchev–Trinajstić information content (AvgIpc) is 3.39. The summed E-state index contributed by atoms with van der Waals surface area (Å²) < 4.78 is 33.5. The Bertz CT molecular complexity index is 1010. The molecule has 8 nitrogen and oxygen atoms in total. The first-order valence-electron chi connectivity index (χ1n) is 9.93. The lowest BCUT2D eigenvalue weighted by atomic mass is 10.1. The molecule has 0 saturated carbocycles. The minimum Gasteiger partial charge on any atom is -0.448 e. The molecule has 2 aromatic rings. The van der Waals surface area contributed by atoms with Gasteiger partial charge in [0.25, 0.3) is 5.91 Å². The normalized spacial score (nSPS) is 16.8. The van der Waals surface area contributed by atoms with Crippen molar-refractivity contribution in [1.82, 2.24) is 14.2 Å². The number of aromatic nitrogens is 1. The number of sulfonamides is 1. The van der Waals surface area contributed by atoms with Crippen LogP contribution in [0.3, 0.4) is 0 Å². The second-order valence-corrected chi connectivity index (χ2v) is 9.41. The molecular formula is C21H27N3O5S. The summed E-state index contributed by atoms with van der Waals surface area (Å²) in [6.07, 6.45) is 2.02.